The highest BCUT2D eigenvalue weighted by atomic mass is 16.3. The van der Waals surface area contributed by atoms with Crippen molar-refractivity contribution in [2.45, 2.75) is 39.7 Å². The lowest BCUT2D eigenvalue weighted by atomic mass is 9.91. The first-order chi connectivity index (χ1) is 11.5. The quantitative estimate of drug-likeness (QED) is 0.767. The van der Waals surface area contributed by atoms with Crippen molar-refractivity contribution in [1.82, 2.24) is 24.9 Å². The minimum Gasteiger partial charge on any atom is -0.383 e. The smallest absolute Gasteiger partial charge is 0.320 e. The van der Waals surface area contributed by atoms with Crippen LogP contribution in [0.25, 0.3) is 0 Å². The van der Waals surface area contributed by atoms with Gasteiger partial charge in [0.25, 0.3) is 0 Å². The second-order valence-corrected chi connectivity index (χ2v) is 7.87. The van der Waals surface area contributed by atoms with Crippen molar-refractivity contribution in [3.05, 3.63) is 29.7 Å². The zero-order valence-corrected chi connectivity index (χ0v) is 15.8. The SMILES string of the molecule is Cn1cc(C(C)(O)CNC(=O)Nc2cc(CC(C)(C)C)nn2C)cn1. The van der Waals surface area contributed by atoms with Gasteiger partial charge >= 0.3 is 6.03 Å². The number of aliphatic hydroxyl groups is 1. The molecule has 3 N–H and O–H groups in total. The van der Waals surface area contributed by atoms with Gasteiger partial charge in [-0.3, -0.25) is 14.7 Å². The topological polar surface area (TPSA) is 97.0 Å². The van der Waals surface area contributed by atoms with Crippen molar-refractivity contribution in [3.63, 3.8) is 0 Å². The summed E-state index contributed by atoms with van der Waals surface area (Å²) in [4.78, 5) is 12.1. The highest BCUT2D eigenvalue weighted by Gasteiger charge is 2.25. The highest BCUT2D eigenvalue weighted by molar-refractivity contribution is 5.88. The lowest BCUT2D eigenvalue weighted by Gasteiger charge is -2.22. The van der Waals surface area contributed by atoms with Gasteiger partial charge in [0.1, 0.15) is 11.4 Å². The Hall–Kier alpha value is -2.35. The maximum atomic E-state index is 12.1. The molecule has 1 atom stereocenters. The third-order valence-electron chi connectivity index (χ3n) is 3.80. The Kier molecular flexibility index (Phi) is 5.22. The Morgan fingerprint density at radius 3 is 2.52 bits per heavy atom. The molecule has 2 rings (SSSR count). The molecule has 0 aliphatic carbocycles. The molecule has 0 radical (unpaired) electrons. The van der Waals surface area contributed by atoms with Crippen LogP contribution in [-0.2, 0) is 26.1 Å². The normalized spacial score (nSPS) is 14.2. The first-order valence-electron chi connectivity index (χ1n) is 8.25. The molecule has 0 aliphatic heterocycles. The molecule has 2 aromatic rings. The Morgan fingerprint density at radius 2 is 1.96 bits per heavy atom. The summed E-state index contributed by atoms with van der Waals surface area (Å²) in [5.41, 5.74) is 0.488. The van der Waals surface area contributed by atoms with E-state index in [1.165, 1.54) is 0 Å². The number of rotatable bonds is 5. The first-order valence-corrected chi connectivity index (χ1v) is 8.25. The number of carbonyl (C=O) groups excluding carboxylic acids is 1. The van der Waals surface area contributed by atoms with E-state index in [0.717, 1.165) is 12.1 Å². The van der Waals surface area contributed by atoms with Crippen LogP contribution < -0.4 is 10.6 Å². The van der Waals surface area contributed by atoms with Crippen LogP contribution in [0.4, 0.5) is 10.6 Å². The Balaban J connectivity index is 1.94. The lowest BCUT2D eigenvalue weighted by Crippen LogP contribution is -2.40. The van der Waals surface area contributed by atoms with Gasteiger partial charge in [-0.2, -0.15) is 10.2 Å². The van der Waals surface area contributed by atoms with Gasteiger partial charge < -0.3 is 10.4 Å². The van der Waals surface area contributed by atoms with E-state index in [1.54, 1.807) is 42.8 Å². The molecule has 8 nitrogen and oxygen atoms in total. The average molecular weight is 348 g/mol. The number of hydrogen-bond donors (Lipinski definition) is 3. The Labute approximate surface area is 148 Å². The summed E-state index contributed by atoms with van der Waals surface area (Å²) in [6, 6.07) is 1.47. The molecule has 0 saturated heterocycles. The largest absolute Gasteiger partial charge is 0.383 e. The van der Waals surface area contributed by atoms with Crippen LogP contribution in [0.3, 0.4) is 0 Å². The number of anilines is 1. The number of nitrogens with one attached hydrogen (secondary N) is 2. The van der Waals surface area contributed by atoms with E-state index in [2.05, 4.69) is 41.6 Å². The van der Waals surface area contributed by atoms with Crippen LogP contribution in [0.1, 0.15) is 39.0 Å². The number of carbonyl (C=O) groups is 1. The molecule has 2 amide bonds. The predicted octanol–water partition coefficient (Wildman–Crippen LogP) is 1.77. The third kappa shape index (κ3) is 5.32. The first kappa shape index (κ1) is 19.0. The van der Waals surface area contributed by atoms with Gasteiger partial charge in [-0.25, -0.2) is 4.79 Å². The molecule has 2 heterocycles. The Morgan fingerprint density at radius 1 is 1.28 bits per heavy atom. The van der Waals surface area contributed by atoms with Crippen LogP contribution in [0, 0.1) is 5.41 Å². The standard InChI is InChI=1S/C17H28N6O2/c1-16(2,3)8-13-7-14(23(6)21-13)20-15(24)18-11-17(4,25)12-9-19-22(5)10-12/h7,9-10,25H,8,11H2,1-6H3,(H2,18,20,24). The van der Waals surface area contributed by atoms with Gasteiger partial charge in [0.05, 0.1) is 18.4 Å². The summed E-state index contributed by atoms with van der Waals surface area (Å²) in [6.45, 7) is 8.12. The van der Waals surface area contributed by atoms with Crippen LogP contribution >= 0.6 is 0 Å². The molecule has 2 aromatic heterocycles. The van der Waals surface area contributed by atoms with Gasteiger partial charge in [0.15, 0.2) is 0 Å². The van der Waals surface area contributed by atoms with E-state index in [4.69, 9.17) is 0 Å². The molecule has 0 fully saturated rings. The molecule has 25 heavy (non-hydrogen) atoms. The third-order valence-corrected chi connectivity index (χ3v) is 3.80. The fourth-order valence-corrected chi connectivity index (χ4v) is 2.49. The van der Waals surface area contributed by atoms with Gasteiger partial charge in [0.2, 0.25) is 0 Å². The highest BCUT2D eigenvalue weighted by Crippen LogP contribution is 2.22. The van der Waals surface area contributed by atoms with E-state index in [9.17, 15) is 9.90 Å². The summed E-state index contributed by atoms with van der Waals surface area (Å²) in [6.07, 6.45) is 4.12. The number of nitrogens with zero attached hydrogens (tertiary/aromatic N) is 4. The minimum absolute atomic E-state index is 0.0667. The van der Waals surface area contributed by atoms with Crippen molar-refractivity contribution in [2.24, 2.45) is 19.5 Å². The van der Waals surface area contributed by atoms with Gasteiger partial charge in [0, 0.05) is 31.9 Å². The van der Waals surface area contributed by atoms with E-state index >= 15 is 0 Å². The Bertz CT molecular complexity index is 739. The molecular weight excluding hydrogens is 320 g/mol. The van der Waals surface area contributed by atoms with E-state index in [1.807, 2.05) is 6.07 Å². The molecule has 1 unspecified atom stereocenters. The molecule has 0 spiro atoms. The van der Waals surface area contributed by atoms with E-state index in [-0.39, 0.29) is 12.0 Å². The second kappa shape index (κ2) is 6.87. The molecule has 8 heteroatoms. The lowest BCUT2D eigenvalue weighted by molar-refractivity contribution is 0.0599. The molecule has 0 bridgehead atoms. The van der Waals surface area contributed by atoms with Gasteiger partial charge in [-0.1, -0.05) is 20.8 Å². The fraction of sp³-hybridized carbons (Fsp3) is 0.588. The van der Waals surface area contributed by atoms with Crippen LogP contribution in [-0.4, -0.2) is 37.2 Å². The summed E-state index contributed by atoms with van der Waals surface area (Å²) in [7, 11) is 3.56. The summed E-state index contributed by atoms with van der Waals surface area (Å²) in [5, 5.41) is 24.4. The predicted molar refractivity (Wildman–Crippen MR) is 96.2 cm³/mol. The minimum atomic E-state index is -1.20. The molecular formula is C17H28N6O2. The zero-order chi connectivity index (χ0) is 18.8. The second-order valence-electron chi connectivity index (χ2n) is 7.87. The number of aryl methyl sites for hydroxylation is 2. The number of hydrogen-bond acceptors (Lipinski definition) is 4. The van der Waals surface area contributed by atoms with Crippen molar-refractivity contribution in [3.8, 4) is 0 Å². The average Bonchev–Trinajstić information content (AvgIpc) is 3.02. The summed E-state index contributed by atoms with van der Waals surface area (Å²) in [5.74, 6) is 0.609. The van der Waals surface area contributed by atoms with Gasteiger partial charge in [-0.05, 0) is 18.8 Å². The summed E-state index contributed by atoms with van der Waals surface area (Å²) >= 11 is 0. The van der Waals surface area contributed by atoms with Crippen molar-refractivity contribution in [2.75, 3.05) is 11.9 Å². The zero-order valence-electron chi connectivity index (χ0n) is 15.8. The van der Waals surface area contributed by atoms with Gasteiger partial charge in [-0.15, -0.1) is 0 Å². The van der Waals surface area contributed by atoms with Crippen molar-refractivity contribution < 1.29 is 9.90 Å². The monoisotopic (exact) mass is 348 g/mol. The molecule has 138 valence electrons. The molecule has 0 aliphatic rings. The van der Waals surface area contributed by atoms with Crippen LogP contribution in [0.2, 0.25) is 0 Å². The van der Waals surface area contributed by atoms with E-state index < -0.39 is 11.6 Å². The van der Waals surface area contributed by atoms with Crippen LogP contribution in [0.15, 0.2) is 18.5 Å². The number of aromatic nitrogens is 4. The fourth-order valence-electron chi connectivity index (χ4n) is 2.49. The van der Waals surface area contributed by atoms with Crippen LogP contribution in [0.5, 0.6) is 0 Å². The molecule has 0 aromatic carbocycles. The van der Waals surface area contributed by atoms with E-state index in [0.29, 0.717) is 11.4 Å². The van der Waals surface area contributed by atoms with Crippen molar-refractivity contribution in [1.29, 1.82) is 0 Å². The summed E-state index contributed by atoms with van der Waals surface area (Å²) < 4.78 is 3.25. The maximum absolute atomic E-state index is 12.1. The number of urea groups is 1. The van der Waals surface area contributed by atoms with Crippen molar-refractivity contribution >= 4 is 11.8 Å². The molecule has 0 saturated carbocycles. The maximum Gasteiger partial charge on any atom is 0.320 e. The number of amides is 2.